The number of rotatable bonds is 8. The lowest BCUT2D eigenvalue weighted by Gasteiger charge is -2.36. The number of methoxy groups -OCH3 is 1. The number of hydrogen-bond donors (Lipinski definition) is 1. The molecule has 0 spiro atoms. The number of fused-ring (bicyclic) bond motifs is 1. The van der Waals surface area contributed by atoms with Crippen molar-refractivity contribution in [3.05, 3.63) is 82.3 Å². The quantitative estimate of drug-likeness (QED) is 0.549. The first-order valence-corrected chi connectivity index (χ1v) is 12.2. The van der Waals surface area contributed by atoms with Crippen LogP contribution in [0.2, 0.25) is 0 Å². The van der Waals surface area contributed by atoms with Gasteiger partial charge in [-0.15, -0.1) is 0 Å². The summed E-state index contributed by atoms with van der Waals surface area (Å²) in [5.41, 5.74) is 3.47. The van der Waals surface area contributed by atoms with Crippen molar-refractivity contribution in [1.29, 1.82) is 0 Å². The maximum Gasteiger partial charge on any atom is 0.338 e. The second-order valence-electron chi connectivity index (χ2n) is 8.39. The van der Waals surface area contributed by atoms with E-state index in [9.17, 15) is 9.59 Å². The molecular formula is C26H28N4O4S. The number of esters is 1. The number of aromatic nitrogens is 1. The first kappa shape index (κ1) is 24.5. The Hall–Kier alpha value is -3.59. The molecule has 4 rings (SSSR count). The highest BCUT2D eigenvalue weighted by Crippen LogP contribution is 2.45. The molecule has 1 amide bonds. The predicted octanol–water partition coefficient (Wildman–Crippen LogP) is 4.32. The van der Waals surface area contributed by atoms with Gasteiger partial charge >= 0.3 is 5.97 Å². The van der Waals surface area contributed by atoms with Crippen LogP contribution in [0.15, 0.2) is 76.0 Å². The van der Waals surface area contributed by atoms with E-state index in [1.54, 1.807) is 13.3 Å². The molecule has 1 atom stereocenters. The normalized spacial score (nSPS) is 17.1. The first-order chi connectivity index (χ1) is 16.9. The number of nitrogens with zero attached hydrogens (tertiary/aromatic N) is 3. The second kappa shape index (κ2) is 10.8. The van der Waals surface area contributed by atoms with E-state index in [0.717, 1.165) is 22.1 Å². The molecule has 0 saturated carbocycles. The molecule has 0 bridgehead atoms. The first-order valence-electron chi connectivity index (χ1n) is 11.3. The maximum atomic E-state index is 13.2. The van der Waals surface area contributed by atoms with Gasteiger partial charge in [0.05, 0.1) is 49.2 Å². The molecule has 1 aromatic carbocycles. The lowest BCUT2D eigenvalue weighted by atomic mass is 9.93. The molecule has 1 N–H and O–H groups in total. The van der Waals surface area contributed by atoms with Crippen LogP contribution in [0.5, 0.6) is 5.75 Å². The molecule has 2 aromatic rings. The summed E-state index contributed by atoms with van der Waals surface area (Å²) in [6.45, 7) is 5.79. The van der Waals surface area contributed by atoms with Crippen LogP contribution in [-0.4, -0.2) is 40.1 Å². The van der Waals surface area contributed by atoms with E-state index in [2.05, 4.69) is 15.3 Å². The highest BCUT2D eigenvalue weighted by molar-refractivity contribution is 8.16. The molecule has 1 aromatic heterocycles. The van der Waals surface area contributed by atoms with Gasteiger partial charge in [-0.25, -0.2) is 9.79 Å². The molecule has 0 saturated heterocycles. The number of thioether (sulfide) groups is 1. The minimum atomic E-state index is -0.482. The van der Waals surface area contributed by atoms with Crippen molar-refractivity contribution in [1.82, 2.24) is 15.2 Å². The van der Waals surface area contributed by atoms with E-state index in [-0.39, 0.29) is 18.4 Å². The summed E-state index contributed by atoms with van der Waals surface area (Å²) in [6, 6.07) is 12.6. The number of nitrogens with one attached hydrogen (secondary N) is 1. The van der Waals surface area contributed by atoms with Gasteiger partial charge in [-0.1, -0.05) is 30.0 Å². The van der Waals surface area contributed by atoms with Crippen LogP contribution in [0.4, 0.5) is 0 Å². The Labute approximate surface area is 209 Å². The molecule has 9 heteroatoms. The Morgan fingerprint density at radius 2 is 1.94 bits per heavy atom. The van der Waals surface area contributed by atoms with Crippen molar-refractivity contribution < 1.29 is 19.1 Å². The zero-order valence-electron chi connectivity index (χ0n) is 20.1. The monoisotopic (exact) mass is 492 g/mol. The molecule has 0 radical (unpaired) electrons. The van der Waals surface area contributed by atoms with E-state index in [4.69, 9.17) is 9.47 Å². The molecule has 0 fully saturated rings. The van der Waals surface area contributed by atoms with Crippen molar-refractivity contribution in [3.63, 3.8) is 0 Å². The minimum Gasteiger partial charge on any atom is -0.497 e. The number of amidine groups is 1. The number of pyridine rings is 1. The Morgan fingerprint density at radius 1 is 1.17 bits per heavy atom. The van der Waals surface area contributed by atoms with E-state index in [1.165, 1.54) is 11.8 Å². The van der Waals surface area contributed by atoms with Crippen LogP contribution < -0.4 is 10.1 Å². The zero-order valence-corrected chi connectivity index (χ0v) is 21.0. The highest BCUT2D eigenvalue weighted by Gasteiger charge is 2.41. The van der Waals surface area contributed by atoms with Gasteiger partial charge in [0.1, 0.15) is 5.75 Å². The number of carbonyl (C=O) groups is 2. The fraction of sp³-hybridized carbons (Fsp3) is 0.308. The van der Waals surface area contributed by atoms with Crippen LogP contribution >= 0.6 is 11.8 Å². The summed E-state index contributed by atoms with van der Waals surface area (Å²) < 4.78 is 10.9. The van der Waals surface area contributed by atoms with Gasteiger partial charge in [0, 0.05) is 11.9 Å². The Balaban J connectivity index is 1.62. The lowest BCUT2D eigenvalue weighted by molar-refractivity contribution is -0.143. The number of amides is 1. The molecule has 35 heavy (non-hydrogen) atoms. The van der Waals surface area contributed by atoms with Crippen LogP contribution in [0.3, 0.4) is 0 Å². The summed E-state index contributed by atoms with van der Waals surface area (Å²) in [5.74, 6) is 0.151. The molecule has 2 aliphatic heterocycles. The van der Waals surface area contributed by atoms with Gasteiger partial charge in [-0.2, -0.15) is 0 Å². The number of hydrogen-bond acceptors (Lipinski definition) is 8. The molecule has 8 nitrogen and oxygen atoms in total. The average Bonchev–Trinajstić information content (AvgIpc) is 3.23. The van der Waals surface area contributed by atoms with Gasteiger partial charge in [-0.05, 0) is 56.0 Å². The van der Waals surface area contributed by atoms with E-state index in [1.807, 2.05) is 73.5 Å². The van der Waals surface area contributed by atoms with Crippen LogP contribution in [0.1, 0.15) is 44.5 Å². The van der Waals surface area contributed by atoms with Crippen LogP contribution in [0, 0.1) is 0 Å². The van der Waals surface area contributed by atoms with Crippen LogP contribution in [-0.2, 0) is 20.9 Å². The van der Waals surface area contributed by atoms with Crippen molar-refractivity contribution >= 4 is 28.8 Å². The summed E-state index contributed by atoms with van der Waals surface area (Å²) in [5, 5.41) is 5.56. The molecular weight excluding hydrogens is 464 g/mol. The number of carbonyl (C=O) groups excluding carboxylic acids is 2. The topological polar surface area (TPSA) is 93.1 Å². The summed E-state index contributed by atoms with van der Waals surface area (Å²) in [7, 11) is 1.61. The number of allylic oxidation sites excluding steroid dienone is 1. The summed E-state index contributed by atoms with van der Waals surface area (Å²) in [4.78, 5) is 36.9. The third-order valence-corrected chi connectivity index (χ3v) is 6.42. The summed E-state index contributed by atoms with van der Waals surface area (Å²) >= 11 is 1.44. The number of aliphatic imine (C=N–C) groups is 1. The van der Waals surface area contributed by atoms with Crippen molar-refractivity contribution in [2.75, 3.05) is 7.11 Å². The predicted molar refractivity (Wildman–Crippen MR) is 135 cm³/mol. The van der Waals surface area contributed by atoms with Gasteiger partial charge < -0.3 is 19.7 Å². The third kappa shape index (κ3) is 5.57. The molecule has 0 unspecified atom stereocenters. The zero-order chi connectivity index (χ0) is 24.9. The van der Waals surface area contributed by atoms with Gasteiger partial charge in [-0.3, -0.25) is 9.78 Å². The largest absolute Gasteiger partial charge is 0.497 e. The number of ether oxygens (including phenoxy) is 2. The molecule has 3 heterocycles. The Kier molecular flexibility index (Phi) is 7.55. The second-order valence-corrected chi connectivity index (χ2v) is 9.23. The smallest absolute Gasteiger partial charge is 0.338 e. The van der Waals surface area contributed by atoms with Crippen LogP contribution in [0.25, 0.3) is 0 Å². The molecule has 0 aliphatic carbocycles. The SMILES string of the molecule is COc1ccc([C@@H]2C(C(=O)OC(C)C)=C(C)N=C3SC=C(CC(=O)NCc4ccccn4)N32)cc1. The number of benzene rings is 1. The standard InChI is InChI=1S/C26H28N4O4S/c1-16(2)34-25(32)23-17(3)29-26-30(24(23)18-8-10-21(33-4)11-9-18)20(15-35-26)13-22(31)28-14-19-7-5-6-12-27-19/h5-12,15-16,24H,13-14H2,1-4H3,(H,28,31)/t24-/m1/s1. The fourth-order valence-electron chi connectivity index (χ4n) is 3.93. The summed E-state index contributed by atoms with van der Waals surface area (Å²) in [6.07, 6.45) is 1.56. The Morgan fingerprint density at radius 3 is 2.60 bits per heavy atom. The molecule has 2 aliphatic rings. The molecule has 182 valence electrons. The lowest BCUT2D eigenvalue weighted by Crippen LogP contribution is -2.38. The highest BCUT2D eigenvalue weighted by atomic mass is 32.2. The van der Waals surface area contributed by atoms with Gasteiger partial charge in [0.25, 0.3) is 0 Å². The average molecular weight is 493 g/mol. The van der Waals surface area contributed by atoms with E-state index < -0.39 is 12.0 Å². The fourth-order valence-corrected chi connectivity index (χ4v) is 4.89. The van der Waals surface area contributed by atoms with E-state index in [0.29, 0.717) is 23.6 Å². The van der Waals surface area contributed by atoms with Crippen molar-refractivity contribution in [3.8, 4) is 5.75 Å². The van der Waals surface area contributed by atoms with Crippen molar-refractivity contribution in [2.24, 2.45) is 4.99 Å². The third-order valence-electron chi connectivity index (χ3n) is 5.53. The Bertz CT molecular complexity index is 1190. The minimum absolute atomic E-state index is 0.136. The van der Waals surface area contributed by atoms with Gasteiger partial charge in [0.15, 0.2) is 5.17 Å². The van der Waals surface area contributed by atoms with Crippen molar-refractivity contribution in [2.45, 2.75) is 45.9 Å². The van der Waals surface area contributed by atoms with Gasteiger partial charge in [0.2, 0.25) is 5.91 Å². The van der Waals surface area contributed by atoms with E-state index >= 15 is 0 Å². The maximum absolute atomic E-state index is 13.2.